The molecule has 0 aliphatic rings. The molecule has 0 fully saturated rings. The van der Waals surface area contributed by atoms with Crippen LogP contribution in [0.2, 0.25) is 0 Å². The van der Waals surface area contributed by atoms with Crippen LogP contribution >= 0.6 is 0 Å². The van der Waals surface area contributed by atoms with E-state index >= 15 is 0 Å². The molecular weight excluding hydrogens is 276 g/mol. The highest BCUT2D eigenvalue weighted by molar-refractivity contribution is 5.85. The zero-order valence-electron chi connectivity index (χ0n) is 14.3. The fourth-order valence-electron chi connectivity index (χ4n) is 2.21. The van der Waals surface area contributed by atoms with Gasteiger partial charge in [-0.2, -0.15) is 0 Å². The van der Waals surface area contributed by atoms with E-state index in [9.17, 15) is 4.79 Å². The Labute approximate surface area is 134 Å². The maximum Gasteiger partial charge on any atom is 0.240 e. The number of hydrogen-bond acceptors (Lipinski definition) is 3. The van der Waals surface area contributed by atoms with Gasteiger partial charge < -0.3 is 15.8 Å². The molecule has 1 aromatic rings. The molecule has 0 bridgehead atoms. The van der Waals surface area contributed by atoms with Gasteiger partial charge in [0.2, 0.25) is 5.91 Å². The lowest BCUT2D eigenvalue weighted by molar-refractivity contribution is -0.126. The summed E-state index contributed by atoms with van der Waals surface area (Å²) in [4.78, 5) is 12.2. The van der Waals surface area contributed by atoms with Gasteiger partial charge in [0.1, 0.15) is 5.75 Å². The van der Waals surface area contributed by atoms with Crippen LogP contribution in [0.15, 0.2) is 24.3 Å². The minimum atomic E-state index is -0.817. The fraction of sp³-hybridized carbons (Fsp3) is 0.611. The molecule has 1 atom stereocenters. The second kappa shape index (κ2) is 8.79. The predicted octanol–water partition coefficient (Wildman–Crippen LogP) is 3.25. The van der Waals surface area contributed by atoms with Crippen LogP contribution in [0.4, 0.5) is 0 Å². The highest BCUT2D eigenvalue weighted by atomic mass is 16.5. The molecule has 0 saturated heterocycles. The number of carbonyl (C=O) groups is 1. The van der Waals surface area contributed by atoms with E-state index in [0.29, 0.717) is 25.5 Å². The third-order valence-electron chi connectivity index (χ3n) is 3.65. The molecule has 0 saturated carbocycles. The van der Waals surface area contributed by atoms with Crippen molar-refractivity contribution in [3.8, 4) is 5.75 Å². The first-order chi connectivity index (χ1) is 10.4. The van der Waals surface area contributed by atoms with Gasteiger partial charge in [-0.3, -0.25) is 4.79 Å². The summed E-state index contributed by atoms with van der Waals surface area (Å²) in [6.45, 7) is 9.27. The number of rotatable bonds is 9. The maximum atomic E-state index is 12.2. The molecule has 4 nitrogen and oxygen atoms in total. The maximum absolute atomic E-state index is 12.2. The van der Waals surface area contributed by atoms with E-state index in [2.05, 4.69) is 19.2 Å². The average Bonchev–Trinajstić information content (AvgIpc) is 2.45. The fourth-order valence-corrected chi connectivity index (χ4v) is 2.21. The van der Waals surface area contributed by atoms with Crippen molar-refractivity contribution < 1.29 is 9.53 Å². The number of amides is 1. The Balaban J connectivity index is 2.60. The van der Waals surface area contributed by atoms with E-state index in [4.69, 9.17) is 10.5 Å². The first-order valence-electron chi connectivity index (χ1n) is 8.14. The minimum absolute atomic E-state index is 0.119. The summed E-state index contributed by atoms with van der Waals surface area (Å²) >= 11 is 0. The number of carbonyl (C=O) groups excluding carboxylic acids is 1. The number of nitrogens with two attached hydrogens (primary N) is 1. The number of ether oxygens (including phenoxy) is 1. The Morgan fingerprint density at radius 2 is 2.05 bits per heavy atom. The summed E-state index contributed by atoms with van der Waals surface area (Å²) in [5.41, 5.74) is 6.20. The van der Waals surface area contributed by atoms with E-state index in [0.717, 1.165) is 24.2 Å². The molecule has 0 aromatic heterocycles. The smallest absolute Gasteiger partial charge is 0.240 e. The van der Waals surface area contributed by atoms with Crippen LogP contribution in [-0.2, 0) is 11.3 Å². The summed E-state index contributed by atoms with van der Waals surface area (Å²) in [7, 11) is 0. The van der Waals surface area contributed by atoms with Crippen LogP contribution in [0.3, 0.4) is 0 Å². The molecule has 22 heavy (non-hydrogen) atoms. The van der Waals surface area contributed by atoms with Crippen molar-refractivity contribution in [3.63, 3.8) is 0 Å². The first kappa shape index (κ1) is 18.5. The molecule has 0 aliphatic carbocycles. The van der Waals surface area contributed by atoms with E-state index in [1.807, 2.05) is 31.2 Å². The third kappa shape index (κ3) is 6.06. The van der Waals surface area contributed by atoms with Crippen LogP contribution in [0, 0.1) is 5.92 Å². The van der Waals surface area contributed by atoms with Crippen molar-refractivity contribution in [2.24, 2.45) is 11.7 Å². The average molecular weight is 306 g/mol. The first-order valence-corrected chi connectivity index (χ1v) is 8.14. The normalized spacial score (nSPS) is 13.7. The Hall–Kier alpha value is -1.55. The topological polar surface area (TPSA) is 64.4 Å². The molecule has 1 aromatic carbocycles. The summed E-state index contributed by atoms with van der Waals surface area (Å²) < 4.78 is 5.83. The summed E-state index contributed by atoms with van der Waals surface area (Å²) in [6.07, 6.45) is 2.57. The van der Waals surface area contributed by atoms with E-state index in [1.54, 1.807) is 6.92 Å². The molecule has 0 radical (unpaired) electrons. The molecule has 3 N–H and O–H groups in total. The van der Waals surface area contributed by atoms with Crippen LogP contribution in [0.5, 0.6) is 5.75 Å². The molecule has 4 heteroatoms. The SMILES string of the molecule is CCCC(C)(N)C(=O)NCc1ccccc1OCCC(C)C. The summed E-state index contributed by atoms with van der Waals surface area (Å²) in [5.74, 6) is 1.32. The van der Waals surface area contributed by atoms with E-state index < -0.39 is 5.54 Å². The van der Waals surface area contributed by atoms with Gasteiger partial charge in [0, 0.05) is 12.1 Å². The van der Waals surface area contributed by atoms with Crippen LogP contribution in [-0.4, -0.2) is 18.1 Å². The van der Waals surface area contributed by atoms with Gasteiger partial charge in [-0.15, -0.1) is 0 Å². The van der Waals surface area contributed by atoms with Gasteiger partial charge in [0.15, 0.2) is 0 Å². The Morgan fingerprint density at radius 3 is 2.68 bits per heavy atom. The van der Waals surface area contributed by atoms with E-state index in [-0.39, 0.29) is 5.91 Å². The molecule has 1 unspecified atom stereocenters. The van der Waals surface area contributed by atoms with Crippen LogP contribution in [0.25, 0.3) is 0 Å². The van der Waals surface area contributed by atoms with Gasteiger partial charge >= 0.3 is 0 Å². The number of benzene rings is 1. The second-order valence-electron chi connectivity index (χ2n) is 6.49. The number of para-hydroxylation sites is 1. The van der Waals surface area contributed by atoms with E-state index in [1.165, 1.54) is 0 Å². The van der Waals surface area contributed by atoms with Crippen molar-refractivity contribution in [1.29, 1.82) is 0 Å². The van der Waals surface area contributed by atoms with Gasteiger partial charge in [-0.25, -0.2) is 0 Å². The lowest BCUT2D eigenvalue weighted by atomic mass is 9.96. The Kier molecular flexibility index (Phi) is 7.39. The molecule has 0 aliphatic heterocycles. The van der Waals surface area contributed by atoms with Crippen molar-refractivity contribution in [2.45, 2.75) is 59.0 Å². The number of hydrogen-bond donors (Lipinski definition) is 2. The van der Waals surface area contributed by atoms with Crippen LogP contribution in [0.1, 0.15) is 52.5 Å². The minimum Gasteiger partial charge on any atom is -0.493 e. The van der Waals surface area contributed by atoms with Gasteiger partial charge in [-0.05, 0) is 31.7 Å². The summed E-state index contributed by atoms with van der Waals surface area (Å²) in [5, 5.41) is 2.92. The largest absolute Gasteiger partial charge is 0.493 e. The van der Waals surface area contributed by atoms with Crippen molar-refractivity contribution in [3.05, 3.63) is 29.8 Å². The van der Waals surface area contributed by atoms with Gasteiger partial charge in [-0.1, -0.05) is 45.4 Å². The highest BCUT2D eigenvalue weighted by Gasteiger charge is 2.26. The van der Waals surface area contributed by atoms with Gasteiger partial charge in [0.05, 0.1) is 12.1 Å². The molecule has 124 valence electrons. The van der Waals surface area contributed by atoms with Crippen molar-refractivity contribution >= 4 is 5.91 Å². The molecule has 1 amide bonds. The van der Waals surface area contributed by atoms with Gasteiger partial charge in [0.25, 0.3) is 0 Å². The zero-order valence-corrected chi connectivity index (χ0v) is 14.3. The highest BCUT2D eigenvalue weighted by Crippen LogP contribution is 2.19. The van der Waals surface area contributed by atoms with Crippen LogP contribution < -0.4 is 15.8 Å². The van der Waals surface area contributed by atoms with Crippen molar-refractivity contribution in [1.82, 2.24) is 5.32 Å². The molecular formula is C18H30N2O2. The number of nitrogens with one attached hydrogen (secondary N) is 1. The quantitative estimate of drug-likeness (QED) is 0.736. The second-order valence-corrected chi connectivity index (χ2v) is 6.49. The zero-order chi connectivity index (χ0) is 16.6. The monoisotopic (exact) mass is 306 g/mol. The standard InChI is InChI=1S/C18H30N2O2/c1-5-11-18(4,19)17(21)20-13-15-8-6-7-9-16(15)22-12-10-14(2)3/h6-9,14H,5,10-13,19H2,1-4H3,(H,20,21). The lowest BCUT2D eigenvalue weighted by Crippen LogP contribution is -2.51. The predicted molar refractivity (Wildman–Crippen MR) is 90.7 cm³/mol. The Bertz CT molecular complexity index is 470. The lowest BCUT2D eigenvalue weighted by Gasteiger charge is -2.23. The Morgan fingerprint density at radius 1 is 1.36 bits per heavy atom. The summed E-state index contributed by atoms with van der Waals surface area (Å²) in [6, 6.07) is 7.80. The molecule has 0 heterocycles. The third-order valence-corrected chi connectivity index (χ3v) is 3.65. The molecule has 1 rings (SSSR count). The van der Waals surface area contributed by atoms with Crippen molar-refractivity contribution in [2.75, 3.05) is 6.61 Å². The molecule has 0 spiro atoms.